The van der Waals surface area contributed by atoms with Gasteiger partial charge in [0, 0.05) is 6.54 Å². The number of carbonyl (C=O) groups excluding carboxylic acids is 2. The lowest BCUT2D eigenvalue weighted by atomic mass is 10.1. The molecular formula is C12H13NO3. The van der Waals surface area contributed by atoms with Crippen LogP contribution in [0.5, 0.6) is 0 Å². The molecular weight excluding hydrogens is 206 g/mol. The van der Waals surface area contributed by atoms with Crippen molar-refractivity contribution in [2.24, 2.45) is 0 Å². The Morgan fingerprint density at radius 2 is 2.12 bits per heavy atom. The van der Waals surface area contributed by atoms with E-state index < -0.39 is 12.2 Å². The van der Waals surface area contributed by atoms with E-state index in [9.17, 15) is 9.59 Å². The zero-order valence-corrected chi connectivity index (χ0v) is 8.76. The highest BCUT2D eigenvalue weighted by Crippen LogP contribution is 2.19. The molecule has 0 spiro atoms. The highest BCUT2D eigenvalue weighted by atomic mass is 16.6. The normalized spacial score (nSPS) is 22.5. The van der Waals surface area contributed by atoms with Gasteiger partial charge in [-0.1, -0.05) is 30.3 Å². The molecule has 1 saturated heterocycles. The van der Waals surface area contributed by atoms with Gasteiger partial charge in [-0.2, -0.15) is 0 Å². The molecule has 1 heterocycles. The molecule has 16 heavy (non-hydrogen) atoms. The van der Waals surface area contributed by atoms with E-state index in [1.165, 1.54) is 5.56 Å². The summed E-state index contributed by atoms with van der Waals surface area (Å²) < 4.78 is 4.85. The van der Waals surface area contributed by atoms with Gasteiger partial charge < -0.3 is 14.8 Å². The third-order valence-electron chi connectivity index (χ3n) is 2.47. The number of hydrogen-bond acceptors (Lipinski definition) is 3. The van der Waals surface area contributed by atoms with E-state index >= 15 is 0 Å². The fraction of sp³-hybridized carbons (Fsp3) is 0.333. The molecule has 0 radical (unpaired) electrons. The molecule has 1 fully saturated rings. The molecule has 0 unspecified atom stereocenters. The summed E-state index contributed by atoms with van der Waals surface area (Å²) in [6.45, 7) is 0.564. The molecule has 1 aliphatic heterocycles. The van der Waals surface area contributed by atoms with Gasteiger partial charge in [0.1, 0.15) is 6.10 Å². The first-order chi connectivity index (χ1) is 7.81. The second-order valence-corrected chi connectivity index (χ2v) is 3.68. The van der Waals surface area contributed by atoms with Crippen LogP contribution in [-0.2, 0) is 20.7 Å². The van der Waals surface area contributed by atoms with Gasteiger partial charge in [0.25, 0.3) is 5.91 Å². The maximum absolute atomic E-state index is 11.4. The summed E-state index contributed by atoms with van der Waals surface area (Å²) in [6, 6.07) is 9.89. The Labute approximate surface area is 93.6 Å². The third-order valence-corrected chi connectivity index (χ3v) is 2.47. The van der Waals surface area contributed by atoms with E-state index in [0.717, 1.165) is 6.42 Å². The molecule has 1 N–H and O–H groups in total. The first-order valence-electron chi connectivity index (χ1n) is 5.23. The first-order valence-corrected chi connectivity index (χ1v) is 5.23. The van der Waals surface area contributed by atoms with Crippen molar-refractivity contribution in [1.82, 2.24) is 5.32 Å². The number of hydrogen-bond donors (Lipinski definition) is 1. The quantitative estimate of drug-likeness (QED) is 0.573. The van der Waals surface area contributed by atoms with Crippen LogP contribution >= 0.6 is 0 Å². The summed E-state index contributed by atoms with van der Waals surface area (Å²) in [5, 5.41) is 2.73. The minimum absolute atomic E-state index is 0.201. The Balaban J connectivity index is 1.69. The summed E-state index contributed by atoms with van der Waals surface area (Å²) in [4.78, 5) is 21.6. The van der Waals surface area contributed by atoms with Gasteiger partial charge in [-0.15, -0.1) is 0 Å². The molecule has 1 aliphatic rings. The number of benzene rings is 1. The van der Waals surface area contributed by atoms with Crippen molar-refractivity contribution >= 4 is 12.2 Å². The van der Waals surface area contributed by atoms with Crippen LogP contribution in [0.3, 0.4) is 0 Å². The van der Waals surface area contributed by atoms with E-state index in [4.69, 9.17) is 4.74 Å². The van der Waals surface area contributed by atoms with Crippen molar-refractivity contribution < 1.29 is 14.3 Å². The Bertz CT molecular complexity index is 377. The Morgan fingerprint density at radius 3 is 2.75 bits per heavy atom. The number of carbonyl (C=O) groups is 2. The standard InChI is InChI=1S/C12H13NO3/c14-8-10-11(16-10)12(15)13-7-6-9-4-2-1-3-5-9/h1-5,8,10-11H,6-7H2,(H,13,15)/t10-,11+/m1/s1. The molecule has 0 saturated carbocycles. The molecule has 84 valence electrons. The van der Waals surface area contributed by atoms with Crippen LogP contribution in [0.2, 0.25) is 0 Å². The monoisotopic (exact) mass is 219 g/mol. The van der Waals surface area contributed by atoms with Gasteiger partial charge in [0.2, 0.25) is 0 Å². The lowest BCUT2D eigenvalue weighted by Gasteiger charge is -2.02. The fourth-order valence-corrected chi connectivity index (χ4v) is 1.51. The minimum atomic E-state index is -0.562. The average molecular weight is 219 g/mol. The smallest absolute Gasteiger partial charge is 0.252 e. The van der Waals surface area contributed by atoms with Crippen LogP contribution in [0, 0.1) is 0 Å². The minimum Gasteiger partial charge on any atom is -0.353 e. The number of rotatable bonds is 5. The second-order valence-electron chi connectivity index (χ2n) is 3.68. The van der Waals surface area contributed by atoms with Crippen LogP contribution in [0.1, 0.15) is 5.56 Å². The van der Waals surface area contributed by atoms with E-state index in [-0.39, 0.29) is 5.91 Å². The van der Waals surface area contributed by atoms with Crippen molar-refractivity contribution in [2.45, 2.75) is 18.6 Å². The molecule has 1 aromatic rings. The molecule has 0 aromatic heterocycles. The highest BCUT2D eigenvalue weighted by Gasteiger charge is 2.44. The van der Waals surface area contributed by atoms with Crippen molar-refractivity contribution in [2.75, 3.05) is 6.54 Å². The largest absolute Gasteiger partial charge is 0.353 e. The van der Waals surface area contributed by atoms with Crippen molar-refractivity contribution in [3.8, 4) is 0 Å². The summed E-state index contributed by atoms with van der Waals surface area (Å²) in [5.74, 6) is -0.201. The Hall–Kier alpha value is -1.68. The van der Waals surface area contributed by atoms with E-state index in [1.807, 2.05) is 30.3 Å². The van der Waals surface area contributed by atoms with Crippen molar-refractivity contribution in [3.05, 3.63) is 35.9 Å². The van der Waals surface area contributed by atoms with Crippen LogP contribution in [0.15, 0.2) is 30.3 Å². The maximum Gasteiger partial charge on any atom is 0.252 e. The molecule has 2 atom stereocenters. The first kappa shape index (κ1) is 10.8. The third kappa shape index (κ3) is 2.67. The molecule has 1 aromatic carbocycles. The van der Waals surface area contributed by atoms with Crippen molar-refractivity contribution in [3.63, 3.8) is 0 Å². The Kier molecular flexibility index (Phi) is 3.31. The number of aldehydes is 1. The molecule has 2 rings (SSSR count). The number of epoxide rings is 1. The number of ether oxygens (including phenoxy) is 1. The van der Waals surface area contributed by atoms with E-state index in [0.29, 0.717) is 12.8 Å². The molecule has 4 heteroatoms. The molecule has 1 amide bonds. The molecule has 0 bridgehead atoms. The second kappa shape index (κ2) is 4.90. The zero-order valence-electron chi connectivity index (χ0n) is 8.76. The van der Waals surface area contributed by atoms with Gasteiger partial charge in [0.15, 0.2) is 12.4 Å². The fourth-order valence-electron chi connectivity index (χ4n) is 1.51. The predicted molar refractivity (Wildman–Crippen MR) is 57.9 cm³/mol. The molecule has 0 aliphatic carbocycles. The Morgan fingerprint density at radius 1 is 1.38 bits per heavy atom. The zero-order chi connectivity index (χ0) is 11.4. The van der Waals surface area contributed by atoms with Crippen LogP contribution in [0.25, 0.3) is 0 Å². The SMILES string of the molecule is O=C[C@H]1O[C@@H]1C(=O)NCCc1ccccc1. The topological polar surface area (TPSA) is 58.7 Å². The summed E-state index contributed by atoms with van der Waals surface area (Å²) in [5.41, 5.74) is 1.17. The highest BCUT2D eigenvalue weighted by molar-refractivity contribution is 5.88. The van der Waals surface area contributed by atoms with Gasteiger partial charge in [-0.3, -0.25) is 4.79 Å². The van der Waals surface area contributed by atoms with Gasteiger partial charge in [-0.05, 0) is 12.0 Å². The van der Waals surface area contributed by atoms with E-state index in [2.05, 4.69) is 5.32 Å². The van der Waals surface area contributed by atoms with E-state index in [1.54, 1.807) is 0 Å². The van der Waals surface area contributed by atoms with Crippen LogP contribution < -0.4 is 5.32 Å². The molecule has 4 nitrogen and oxygen atoms in total. The van der Waals surface area contributed by atoms with Crippen molar-refractivity contribution in [1.29, 1.82) is 0 Å². The lowest BCUT2D eigenvalue weighted by Crippen LogP contribution is -2.30. The van der Waals surface area contributed by atoms with Gasteiger partial charge in [0.05, 0.1) is 0 Å². The lowest BCUT2D eigenvalue weighted by molar-refractivity contribution is -0.122. The maximum atomic E-state index is 11.4. The average Bonchev–Trinajstić information content (AvgIpc) is 3.09. The predicted octanol–water partition coefficient (Wildman–Crippen LogP) is 0.312. The summed E-state index contributed by atoms with van der Waals surface area (Å²) in [6.07, 6.45) is 0.344. The van der Waals surface area contributed by atoms with Crippen LogP contribution in [-0.4, -0.2) is 30.9 Å². The summed E-state index contributed by atoms with van der Waals surface area (Å²) >= 11 is 0. The van der Waals surface area contributed by atoms with Crippen LogP contribution in [0.4, 0.5) is 0 Å². The summed E-state index contributed by atoms with van der Waals surface area (Å²) in [7, 11) is 0. The number of nitrogens with one attached hydrogen (secondary N) is 1. The number of amides is 1. The van der Waals surface area contributed by atoms with Gasteiger partial charge in [-0.25, -0.2) is 0 Å². The van der Waals surface area contributed by atoms with Gasteiger partial charge >= 0.3 is 0 Å².